The Morgan fingerprint density at radius 1 is 0.323 bits per heavy atom. The Morgan fingerprint density at radius 3 is 0.969 bits per heavy atom. The second-order valence-electron chi connectivity index (χ2n) is 17.7. The Hall–Kier alpha value is -3.41. The van der Waals surface area contributed by atoms with Gasteiger partial charge in [-0.2, -0.15) is 0 Å². The molecule has 0 radical (unpaired) electrons. The highest BCUT2D eigenvalue weighted by Crippen LogP contribution is 2.13. The van der Waals surface area contributed by atoms with Gasteiger partial charge in [-0.15, -0.1) is 0 Å². The van der Waals surface area contributed by atoms with E-state index in [0.29, 0.717) is 19.3 Å². The lowest BCUT2D eigenvalue weighted by Gasteiger charge is -2.18. The zero-order valence-electron chi connectivity index (χ0n) is 42.5. The number of hydrogen-bond donors (Lipinski definition) is 0. The van der Waals surface area contributed by atoms with Gasteiger partial charge in [0.05, 0.1) is 0 Å². The monoisotopic (exact) mass is 905 g/mol. The van der Waals surface area contributed by atoms with E-state index in [2.05, 4.69) is 106 Å². The van der Waals surface area contributed by atoms with Gasteiger partial charge in [-0.3, -0.25) is 14.4 Å². The van der Waals surface area contributed by atoms with E-state index in [1.165, 1.54) is 96.3 Å². The van der Waals surface area contributed by atoms with Crippen LogP contribution in [0.3, 0.4) is 0 Å². The first-order valence-electron chi connectivity index (χ1n) is 27.1. The van der Waals surface area contributed by atoms with Gasteiger partial charge >= 0.3 is 17.9 Å². The summed E-state index contributed by atoms with van der Waals surface area (Å²) in [6.07, 6.45) is 68.5. The predicted molar refractivity (Wildman–Crippen MR) is 279 cm³/mol. The number of esters is 3. The number of carbonyl (C=O) groups is 3. The quantitative estimate of drug-likeness (QED) is 0.0262. The van der Waals surface area contributed by atoms with Gasteiger partial charge in [-0.05, 0) is 116 Å². The number of ether oxygens (including phenoxy) is 3. The van der Waals surface area contributed by atoms with Crippen LogP contribution in [0.1, 0.15) is 252 Å². The van der Waals surface area contributed by atoms with Gasteiger partial charge in [0, 0.05) is 19.3 Å². The van der Waals surface area contributed by atoms with E-state index in [-0.39, 0.29) is 31.1 Å². The molecule has 0 amide bonds. The Balaban J connectivity index is 4.46. The van der Waals surface area contributed by atoms with Gasteiger partial charge in [-0.1, -0.05) is 202 Å². The average Bonchev–Trinajstić information content (AvgIpc) is 3.30. The molecule has 1 atom stereocenters. The molecule has 0 heterocycles. The fourth-order valence-electron chi connectivity index (χ4n) is 7.28. The molecule has 0 aromatic heterocycles. The molecule has 0 rings (SSSR count). The van der Waals surface area contributed by atoms with Crippen molar-refractivity contribution in [2.75, 3.05) is 13.2 Å². The standard InChI is InChI=1S/C59H100O6/c1-4-7-10-13-16-19-22-25-28-29-30-31-32-35-37-40-43-46-49-52-58(61)64-55-56(65-59(62)53-50-47-44-41-38-34-27-24-21-18-15-12-9-6-3)54-63-57(60)51-48-45-42-39-36-33-26-23-20-17-14-11-8-5-2/h7,10,16,19,23-28,30-31,35,37,56H,4-6,8-9,11-15,17-18,20-22,29,32-34,36,38-55H2,1-3H3/b10-7-,19-16-,26-23-,27-24-,28-25-,31-30-,37-35-/t56-/m1/s1. The van der Waals surface area contributed by atoms with Crippen LogP contribution in [0.2, 0.25) is 0 Å². The van der Waals surface area contributed by atoms with Gasteiger partial charge < -0.3 is 14.2 Å². The third-order valence-corrected chi connectivity index (χ3v) is 11.4. The van der Waals surface area contributed by atoms with Crippen molar-refractivity contribution in [3.63, 3.8) is 0 Å². The second kappa shape index (κ2) is 53.2. The van der Waals surface area contributed by atoms with Crippen LogP contribution in [0.4, 0.5) is 0 Å². The summed E-state index contributed by atoms with van der Waals surface area (Å²) >= 11 is 0. The zero-order valence-corrected chi connectivity index (χ0v) is 42.5. The van der Waals surface area contributed by atoms with Crippen molar-refractivity contribution < 1.29 is 28.6 Å². The van der Waals surface area contributed by atoms with Gasteiger partial charge in [0.25, 0.3) is 0 Å². The smallest absolute Gasteiger partial charge is 0.306 e. The summed E-state index contributed by atoms with van der Waals surface area (Å²) in [5.74, 6) is -0.943. The highest BCUT2D eigenvalue weighted by Gasteiger charge is 2.19. The van der Waals surface area contributed by atoms with Crippen LogP contribution >= 0.6 is 0 Å². The first-order chi connectivity index (χ1) is 32.0. The van der Waals surface area contributed by atoms with E-state index in [0.717, 1.165) is 116 Å². The minimum atomic E-state index is -0.798. The maximum absolute atomic E-state index is 12.8. The summed E-state index contributed by atoms with van der Waals surface area (Å²) in [6.45, 7) is 6.46. The SMILES string of the molecule is CC/C=C\C/C=C\C/C=C\C/C=C\C/C=C\CCCCCC(=O)OC[C@@H](COC(=O)CCCCCCC/C=C\CCCCCCC)OC(=O)CCCCCCC/C=C\CCCCCCC. The second-order valence-corrected chi connectivity index (χ2v) is 17.7. The van der Waals surface area contributed by atoms with Crippen molar-refractivity contribution in [3.8, 4) is 0 Å². The van der Waals surface area contributed by atoms with Crippen molar-refractivity contribution in [2.45, 2.75) is 258 Å². The Kier molecular flexibility index (Phi) is 50.4. The maximum Gasteiger partial charge on any atom is 0.306 e. The van der Waals surface area contributed by atoms with Crippen molar-refractivity contribution in [2.24, 2.45) is 0 Å². The topological polar surface area (TPSA) is 78.9 Å². The maximum atomic E-state index is 12.8. The third-order valence-electron chi connectivity index (χ3n) is 11.4. The lowest BCUT2D eigenvalue weighted by Crippen LogP contribution is -2.30. The molecule has 65 heavy (non-hydrogen) atoms. The molecule has 0 bridgehead atoms. The molecule has 0 fully saturated rings. The highest BCUT2D eigenvalue weighted by atomic mass is 16.6. The Bertz CT molecular complexity index is 1270. The van der Waals surface area contributed by atoms with Crippen LogP contribution in [-0.2, 0) is 28.6 Å². The number of allylic oxidation sites excluding steroid dienone is 14. The zero-order chi connectivity index (χ0) is 47.2. The number of unbranched alkanes of at least 4 members (excludes halogenated alkanes) is 23. The summed E-state index contributed by atoms with van der Waals surface area (Å²) < 4.78 is 16.8. The van der Waals surface area contributed by atoms with Crippen molar-refractivity contribution >= 4 is 17.9 Å². The predicted octanol–water partition coefficient (Wildman–Crippen LogP) is 18.0. The first kappa shape index (κ1) is 61.6. The molecule has 0 N–H and O–H groups in total. The van der Waals surface area contributed by atoms with Crippen LogP contribution in [-0.4, -0.2) is 37.2 Å². The molecule has 0 aromatic rings. The Labute approximate surface area is 401 Å². The van der Waals surface area contributed by atoms with Crippen molar-refractivity contribution in [1.82, 2.24) is 0 Å². The van der Waals surface area contributed by atoms with Gasteiger partial charge in [0.15, 0.2) is 6.10 Å². The molecule has 0 aromatic carbocycles. The molecule has 0 aliphatic heterocycles. The molecule has 372 valence electrons. The van der Waals surface area contributed by atoms with Crippen molar-refractivity contribution in [3.05, 3.63) is 85.1 Å². The van der Waals surface area contributed by atoms with E-state index in [1.54, 1.807) is 0 Å². The first-order valence-corrected chi connectivity index (χ1v) is 27.1. The normalized spacial score (nSPS) is 12.7. The molecule has 0 aliphatic rings. The lowest BCUT2D eigenvalue weighted by molar-refractivity contribution is -0.167. The van der Waals surface area contributed by atoms with Gasteiger partial charge in [-0.25, -0.2) is 0 Å². The molecule has 6 nitrogen and oxygen atoms in total. The fraction of sp³-hybridized carbons (Fsp3) is 0.712. The van der Waals surface area contributed by atoms with Gasteiger partial charge in [0.1, 0.15) is 13.2 Å². The van der Waals surface area contributed by atoms with Crippen LogP contribution in [0, 0.1) is 0 Å². The van der Waals surface area contributed by atoms with E-state index >= 15 is 0 Å². The largest absolute Gasteiger partial charge is 0.462 e. The van der Waals surface area contributed by atoms with E-state index in [9.17, 15) is 14.4 Å². The summed E-state index contributed by atoms with van der Waals surface area (Å²) in [4.78, 5) is 38.0. The minimum absolute atomic E-state index is 0.0949. The summed E-state index contributed by atoms with van der Waals surface area (Å²) in [5.41, 5.74) is 0. The highest BCUT2D eigenvalue weighted by molar-refractivity contribution is 5.71. The minimum Gasteiger partial charge on any atom is -0.462 e. The van der Waals surface area contributed by atoms with Crippen LogP contribution in [0.25, 0.3) is 0 Å². The van der Waals surface area contributed by atoms with Gasteiger partial charge in [0.2, 0.25) is 0 Å². The van der Waals surface area contributed by atoms with Crippen molar-refractivity contribution in [1.29, 1.82) is 0 Å². The molecule has 6 heteroatoms. The van der Waals surface area contributed by atoms with E-state index in [1.807, 2.05) is 0 Å². The van der Waals surface area contributed by atoms with E-state index < -0.39 is 6.10 Å². The van der Waals surface area contributed by atoms with E-state index in [4.69, 9.17) is 14.2 Å². The molecule has 0 unspecified atom stereocenters. The molecule has 0 saturated heterocycles. The molecule has 0 aliphatic carbocycles. The Morgan fingerprint density at radius 2 is 0.600 bits per heavy atom. The van der Waals surface area contributed by atoms with Crippen LogP contribution < -0.4 is 0 Å². The number of hydrogen-bond acceptors (Lipinski definition) is 6. The van der Waals surface area contributed by atoms with Crippen LogP contribution in [0.15, 0.2) is 85.1 Å². The summed E-state index contributed by atoms with van der Waals surface area (Å²) in [6, 6.07) is 0. The lowest BCUT2D eigenvalue weighted by atomic mass is 10.1. The van der Waals surface area contributed by atoms with Crippen LogP contribution in [0.5, 0.6) is 0 Å². The third kappa shape index (κ3) is 51.4. The number of carbonyl (C=O) groups excluding carboxylic acids is 3. The number of rotatable bonds is 48. The molecular weight excluding hydrogens is 805 g/mol. The fourth-order valence-corrected chi connectivity index (χ4v) is 7.28. The molecule has 0 spiro atoms. The summed E-state index contributed by atoms with van der Waals surface area (Å²) in [7, 11) is 0. The molecular formula is C59H100O6. The molecule has 0 saturated carbocycles. The summed E-state index contributed by atoms with van der Waals surface area (Å²) in [5, 5.41) is 0. The average molecular weight is 905 g/mol.